The zero-order valence-corrected chi connectivity index (χ0v) is 11.1. The van der Waals surface area contributed by atoms with E-state index in [1.807, 2.05) is 12.1 Å². The van der Waals surface area contributed by atoms with Crippen LogP contribution in [0.3, 0.4) is 0 Å². The average Bonchev–Trinajstić information content (AvgIpc) is 3.30. The van der Waals surface area contributed by atoms with Crippen LogP contribution in [0, 0.1) is 0 Å². The largest absolute Gasteiger partial charge is 0.478 e. The van der Waals surface area contributed by atoms with E-state index in [4.69, 9.17) is 4.98 Å². The van der Waals surface area contributed by atoms with Gasteiger partial charge in [0.05, 0.1) is 17.0 Å². The van der Waals surface area contributed by atoms with Gasteiger partial charge in [-0.25, -0.2) is 4.79 Å². The van der Waals surface area contributed by atoms with Gasteiger partial charge in [-0.15, -0.1) is 0 Å². The van der Waals surface area contributed by atoms with Crippen LogP contribution < -0.4 is 0 Å². The molecule has 100 valence electrons. The molecular weight excluding hydrogens is 250 g/mol. The molecular formula is C17H15NO2. The number of nitrogens with zero attached hydrogens (tertiary/aromatic N) is 1. The average molecular weight is 265 g/mol. The first-order valence-electron chi connectivity index (χ1n) is 7.09. The second-order valence-electron chi connectivity index (χ2n) is 5.67. The number of aromatic nitrogens is 1. The Morgan fingerprint density at radius 3 is 2.65 bits per heavy atom. The number of pyridine rings is 1. The number of carboxylic acid groups (broad SMARTS) is 1. The Hall–Kier alpha value is -2.16. The molecule has 3 heteroatoms. The van der Waals surface area contributed by atoms with Crippen molar-refractivity contribution in [2.75, 3.05) is 0 Å². The summed E-state index contributed by atoms with van der Waals surface area (Å²) < 4.78 is 0. The molecule has 1 fully saturated rings. The van der Waals surface area contributed by atoms with Gasteiger partial charge in [-0.1, -0.05) is 24.3 Å². The van der Waals surface area contributed by atoms with Gasteiger partial charge in [0, 0.05) is 11.5 Å². The molecule has 0 aliphatic heterocycles. The lowest BCUT2D eigenvalue weighted by atomic mass is 9.87. The van der Waals surface area contributed by atoms with E-state index in [1.165, 1.54) is 11.1 Å². The summed E-state index contributed by atoms with van der Waals surface area (Å²) in [6.45, 7) is 0. The molecule has 0 atom stereocenters. The Morgan fingerprint density at radius 2 is 1.90 bits per heavy atom. The van der Waals surface area contributed by atoms with Gasteiger partial charge in [-0.05, 0) is 42.9 Å². The number of carboxylic acids is 1. The van der Waals surface area contributed by atoms with Crippen LogP contribution in [0.25, 0.3) is 11.3 Å². The van der Waals surface area contributed by atoms with Crippen LogP contribution in [-0.4, -0.2) is 16.1 Å². The van der Waals surface area contributed by atoms with Crippen LogP contribution in [0.2, 0.25) is 0 Å². The molecule has 3 nitrogen and oxygen atoms in total. The standard InChI is InChI=1S/C17H15NO2/c19-17(20)14-9-12-8-5-10-3-1-2-4-13(10)16(12)18-15(14)11-6-7-11/h1-4,9,11H,5-8H2,(H,19,20). The maximum absolute atomic E-state index is 11.4. The van der Waals surface area contributed by atoms with E-state index in [2.05, 4.69) is 18.2 Å². The van der Waals surface area contributed by atoms with Crippen LogP contribution >= 0.6 is 0 Å². The van der Waals surface area contributed by atoms with Crippen molar-refractivity contribution in [3.05, 3.63) is 52.7 Å². The van der Waals surface area contributed by atoms with Gasteiger partial charge in [-0.2, -0.15) is 0 Å². The first kappa shape index (κ1) is 11.6. The number of fused-ring (bicyclic) bond motifs is 3. The predicted octanol–water partition coefficient (Wildman–Crippen LogP) is 3.42. The fourth-order valence-electron chi connectivity index (χ4n) is 3.07. The Morgan fingerprint density at radius 1 is 1.15 bits per heavy atom. The van der Waals surface area contributed by atoms with Crippen molar-refractivity contribution in [1.82, 2.24) is 4.98 Å². The number of hydrogen-bond donors (Lipinski definition) is 1. The quantitative estimate of drug-likeness (QED) is 0.905. The molecule has 0 amide bonds. The normalized spacial score (nSPS) is 16.4. The second kappa shape index (κ2) is 4.17. The summed E-state index contributed by atoms with van der Waals surface area (Å²) in [7, 11) is 0. The maximum atomic E-state index is 11.4. The molecule has 2 aliphatic carbocycles. The third kappa shape index (κ3) is 1.73. The van der Waals surface area contributed by atoms with E-state index in [1.54, 1.807) is 0 Å². The number of benzene rings is 1. The molecule has 0 bridgehead atoms. The fraction of sp³-hybridized carbons (Fsp3) is 0.294. The SMILES string of the molecule is O=C(O)c1cc2c(nc1C1CC1)-c1ccccc1CC2. The Kier molecular flexibility index (Phi) is 2.43. The summed E-state index contributed by atoms with van der Waals surface area (Å²) >= 11 is 0. The lowest BCUT2D eigenvalue weighted by Crippen LogP contribution is -2.12. The summed E-state index contributed by atoms with van der Waals surface area (Å²) in [5.74, 6) is -0.499. The molecule has 1 aromatic carbocycles. The minimum atomic E-state index is -0.846. The Bertz CT molecular complexity index is 717. The van der Waals surface area contributed by atoms with Crippen molar-refractivity contribution in [3.63, 3.8) is 0 Å². The van der Waals surface area contributed by atoms with Gasteiger partial charge in [0.15, 0.2) is 0 Å². The van der Waals surface area contributed by atoms with Crippen molar-refractivity contribution < 1.29 is 9.90 Å². The number of aromatic carboxylic acids is 1. The smallest absolute Gasteiger partial charge is 0.337 e. The molecule has 2 aliphatic rings. The van der Waals surface area contributed by atoms with Crippen LogP contribution in [0.4, 0.5) is 0 Å². The van der Waals surface area contributed by atoms with E-state index in [0.29, 0.717) is 11.5 Å². The first-order valence-corrected chi connectivity index (χ1v) is 7.09. The van der Waals surface area contributed by atoms with Gasteiger partial charge >= 0.3 is 5.97 Å². The second-order valence-corrected chi connectivity index (χ2v) is 5.67. The highest BCUT2D eigenvalue weighted by molar-refractivity contribution is 5.90. The molecule has 1 aromatic heterocycles. The van der Waals surface area contributed by atoms with E-state index in [0.717, 1.165) is 42.6 Å². The summed E-state index contributed by atoms with van der Waals surface area (Å²) in [4.78, 5) is 16.2. The highest BCUT2D eigenvalue weighted by Gasteiger charge is 2.32. The van der Waals surface area contributed by atoms with E-state index < -0.39 is 5.97 Å². The van der Waals surface area contributed by atoms with Crippen LogP contribution in [-0.2, 0) is 12.8 Å². The fourth-order valence-corrected chi connectivity index (χ4v) is 3.07. The van der Waals surface area contributed by atoms with Gasteiger partial charge in [0.2, 0.25) is 0 Å². The monoisotopic (exact) mass is 265 g/mol. The molecule has 20 heavy (non-hydrogen) atoms. The third-order valence-electron chi connectivity index (χ3n) is 4.26. The van der Waals surface area contributed by atoms with Crippen LogP contribution in [0.15, 0.2) is 30.3 Å². The number of rotatable bonds is 2. The lowest BCUT2D eigenvalue weighted by molar-refractivity contribution is 0.0695. The van der Waals surface area contributed by atoms with Crippen molar-refractivity contribution >= 4 is 5.97 Å². The van der Waals surface area contributed by atoms with E-state index in [-0.39, 0.29) is 0 Å². The van der Waals surface area contributed by atoms with Gasteiger partial charge in [-0.3, -0.25) is 4.98 Å². The molecule has 1 N–H and O–H groups in total. The minimum absolute atomic E-state index is 0.348. The summed E-state index contributed by atoms with van der Waals surface area (Å²) in [5.41, 5.74) is 5.76. The topological polar surface area (TPSA) is 50.2 Å². The predicted molar refractivity (Wildman–Crippen MR) is 76.0 cm³/mol. The van der Waals surface area contributed by atoms with Crippen LogP contribution in [0.1, 0.15) is 45.9 Å². The zero-order valence-electron chi connectivity index (χ0n) is 11.1. The van der Waals surface area contributed by atoms with E-state index >= 15 is 0 Å². The molecule has 2 aromatic rings. The lowest BCUT2D eigenvalue weighted by Gasteiger charge is -2.20. The molecule has 1 heterocycles. The van der Waals surface area contributed by atoms with Crippen molar-refractivity contribution in [2.24, 2.45) is 0 Å². The number of carbonyl (C=O) groups is 1. The maximum Gasteiger partial charge on any atom is 0.337 e. The zero-order chi connectivity index (χ0) is 13.7. The molecule has 1 saturated carbocycles. The number of aryl methyl sites for hydroxylation is 2. The molecule has 0 unspecified atom stereocenters. The number of hydrogen-bond acceptors (Lipinski definition) is 2. The van der Waals surface area contributed by atoms with Crippen LogP contribution in [0.5, 0.6) is 0 Å². The minimum Gasteiger partial charge on any atom is -0.478 e. The highest BCUT2D eigenvalue weighted by Crippen LogP contribution is 2.43. The highest BCUT2D eigenvalue weighted by atomic mass is 16.4. The first-order chi connectivity index (χ1) is 9.74. The van der Waals surface area contributed by atoms with Crippen molar-refractivity contribution in [2.45, 2.75) is 31.6 Å². The summed E-state index contributed by atoms with van der Waals surface area (Å²) in [6, 6.07) is 10.2. The van der Waals surface area contributed by atoms with Crippen molar-refractivity contribution in [3.8, 4) is 11.3 Å². The molecule has 4 rings (SSSR count). The Balaban J connectivity index is 1.95. The summed E-state index contributed by atoms with van der Waals surface area (Å²) in [6.07, 6.45) is 3.97. The molecule has 0 saturated heterocycles. The molecule has 0 spiro atoms. The van der Waals surface area contributed by atoms with Gasteiger partial charge in [0.1, 0.15) is 0 Å². The summed E-state index contributed by atoms with van der Waals surface area (Å²) in [5, 5.41) is 9.40. The van der Waals surface area contributed by atoms with E-state index in [9.17, 15) is 9.90 Å². The Labute approximate surface area is 117 Å². The van der Waals surface area contributed by atoms with Gasteiger partial charge in [0.25, 0.3) is 0 Å². The van der Waals surface area contributed by atoms with Gasteiger partial charge < -0.3 is 5.11 Å². The molecule has 0 radical (unpaired) electrons. The van der Waals surface area contributed by atoms with Crippen molar-refractivity contribution in [1.29, 1.82) is 0 Å². The third-order valence-corrected chi connectivity index (χ3v) is 4.26.